The minimum Gasteiger partial charge on any atom is -0.493 e. The number of hydrogen-bond acceptors (Lipinski definition) is 3. The molecule has 1 unspecified atom stereocenters. The summed E-state index contributed by atoms with van der Waals surface area (Å²) in [6, 6.07) is 10.1. The number of hydrogen-bond donors (Lipinski definition) is 1. The van der Waals surface area contributed by atoms with Crippen molar-refractivity contribution in [3.63, 3.8) is 0 Å². The van der Waals surface area contributed by atoms with Crippen LogP contribution in [0.2, 0.25) is 0 Å². The predicted molar refractivity (Wildman–Crippen MR) is 81.4 cm³/mol. The van der Waals surface area contributed by atoms with E-state index in [9.17, 15) is 8.60 Å². The summed E-state index contributed by atoms with van der Waals surface area (Å²) < 4.78 is 30.7. The molecule has 0 spiro atoms. The molecule has 5 heteroatoms. The summed E-state index contributed by atoms with van der Waals surface area (Å²) in [5.74, 6) is 1.00. The molecule has 1 aliphatic heterocycles. The second-order valence-corrected chi connectivity index (χ2v) is 6.56. The molecule has 0 aliphatic carbocycles. The first-order valence-electron chi connectivity index (χ1n) is 6.81. The first kappa shape index (κ1) is 14.1. The van der Waals surface area contributed by atoms with Gasteiger partial charge in [0, 0.05) is 12.2 Å². The standard InChI is InChI=1S/C16H16FNO2S/c17-13-2-4-16(14(18)10-13)21(19)8-6-11-1-3-15-12(9-11)5-7-20-15/h1-4,9-10H,5-8,18H2. The second-order valence-electron chi connectivity index (χ2n) is 5.02. The van der Waals surface area contributed by atoms with Gasteiger partial charge in [0.05, 0.1) is 28.0 Å². The summed E-state index contributed by atoms with van der Waals surface area (Å²) in [5.41, 5.74) is 8.30. The van der Waals surface area contributed by atoms with Crippen LogP contribution in [0.4, 0.5) is 10.1 Å². The molecule has 3 nitrogen and oxygen atoms in total. The summed E-state index contributed by atoms with van der Waals surface area (Å²) in [6.45, 7) is 0.733. The van der Waals surface area contributed by atoms with E-state index in [4.69, 9.17) is 10.5 Å². The third-order valence-corrected chi connectivity index (χ3v) is 4.98. The van der Waals surface area contributed by atoms with E-state index in [-0.39, 0.29) is 5.69 Å². The molecule has 2 aromatic carbocycles. The fourth-order valence-electron chi connectivity index (χ4n) is 2.44. The van der Waals surface area contributed by atoms with Crippen LogP contribution in [0.5, 0.6) is 5.75 Å². The fraction of sp³-hybridized carbons (Fsp3) is 0.250. The summed E-state index contributed by atoms with van der Waals surface area (Å²) in [6.07, 6.45) is 1.62. The molecule has 2 aromatic rings. The largest absolute Gasteiger partial charge is 0.493 e. The minimum absolute atomic E-state index is 0.246. The molecular weight excluding hydrogens is 289 g/mol. The molecule has 0 saturated carbocycles. The van der Waals surface area contributed by atoms with E-state index in [1.165, 1.54) is 23.8 Å². The van der Waals surface area contributed by atoms with Crippen molar-refractivity contribution in [1.29, 1.82) is 0 Å². The van der Waals surface area contributed by atoms with Gasteiger partial charge in [0.15, 0.2) is 0 Å². The van der Waals surface area contributed by atoms with Gasteiger partial charge in [-0.05, 0) is 41.8 Å². The summed E-state index contributed by atoms with van der Waals surface area (Å²) in [5, 5.41) is 0. The average molecular weight is 305 g/mol. The smallest absolute Gasteiger partial charge is 0.125 e. The van der Waals surface area contributed by atoms with Crippen molar-refractivity contribution in [2.45, 2.75) is 17.7 Å². The molecule has 0 aromatic heterocycles. The van der Waals surface area contributed by atoms with Gasteiger partial charge in [-0.15, -0.1) is 0 Å². The van der Waals surface area contributed by atoms with Crippen LogP contribution in [0.3, 0.4) is 0 Å². The van der Waals surface area contributed by atoms with Crippen LogP contribution in [0.25, 0.3) is 0 Å². The van der Waals surface area contributed by atoms with Gasteiger partial charge in [0.1, 0.15) is 11.6 Å². The molecule has 0 bridgehead atoms. The van der Waals surface area contributed by atoms with Crippen molar-refractivity contribution in [3.8, 4) is 5.75 Å². The zero-order valence-electron chi connectivity index (χ0n) is 11.5. The molecule has 1 atom stereocenters. The Morgan fingerprint density at radius 3 is 2.90 bits per heavy atom. The monoisotopic (exact) mass is 305 g/mol. The van der Waals surface area contributed by atoms with Gasteiger partial charge in [-0.25, -0.2) is 4.39 Å². The van der Waals surface area contributed by atoms with Crippen LogP contribution in [-0.2, 0) is 23.6 Å². The average Bonchev–Trinajstić information content (AvgIpc) is 2.92. The highest BCUT2D eigenvalue weighted by molar-refractivity contribution is 7.85. The lowest BCUT2D eigenvalue weighted by molar-refractivity contribution is 0.357. The zero-order valence-corrected chi connectivity index (χ0v) is 12.3. The van der Waals surface area contributed by atoms with E-state index >= 15 is 0 Å². The van der Waals surface area contributed by atoms with Gasteiger partial charge in [0.25, 0.3) is 0 Å². The Morgan fingerprint density at radius 2 is 2.10 bits per heavy atom. The molecular formula is C16H16FNO2S. The number of anilines is 1. The first-order chi connectivity index (χ1) is 10.1. The van der Waals surface area contributed by atoms with E-state index in [0.29, 0.717) is 17.1 Å². The van der Waals surface area contributed by atoms with Crippen molar-refractivity contribution in [1.82, 2.24) is 0 Å². The van der Waals surface area contributed by atoms with E-state index in [0.717, 1.165) is 24.3 Å². The lowest BCUT2D eigenvalue weighted by atomic mass is 10.1. The third kappa shape index (κ3) is 3.08. The highest BCUT2D eigenvalue weighted by Crippen LogP contribution is 2.26. The maximum atomic E-state index is 13.0. The van der Waals surface area contributed by atoms with E-state index in [1.54, 1.807) is 0 Å². The van der Waals surface area contributed by atoms with E-state index in [1.807, 2.05) is 12.1 Å². The number of ether oxygens (including phenoxy) is 1. The number of rotatable bonds is 4. The normalized spacial score (nSPS) is 14.5. The molecule has 110 valence electrons. The Labute approximate surface area is 125 Å². The zero-order chi connectivity index (χ0) is 14.8. The second kappa shape index (κ2) is 5.85. The molecule has 0 radical (unpaired) electrons. The minimum atomic E-state index is -1.22. The number of nitrogens with two attached hydrogens (primary N) is 1. The van der Waals surface area contributed by atoms with Crippen molar-refractivity contribution in [2.24, 2.45) is 0 Å². The summed E-state index contributed by atoms with van der Waals surface area (Å²) >= 11 is 0. The first-order valence-corrected chi connectivity index (χ1v) is 8.13. The summed E-state index contributed by atoms with van der Waals surface area (Å²) in [4.78, 5) is 0.501. The molecule has 0 saturated heterocycles. The number of benzene rings is 2. The van der Waals surface area contributed by atoms with Crippen molar-refractivity contribution < 1.29 is 13.3 Å². The lowest BCUT2D eigenvalue weighted by Gasteiger charge is -2.07. The highest BCUT2D eigenvalue weighted by atomic mass is 32.2. The number of fused-ring (bicyclic) bond motifs is 1. The molecule has 3 rings (SSSR count). The van der Waals surface area contributed by atoms with E-state index in [2.05, 4.69) is 6.07 Å². The molecule has 0 amide bonds. The maximum Gasteiger partial charge on any atom is 0.125 e. The van der Waals surface area contributed by atoms with Gasteiger partial charge < -0.3 is 10.5 Å². The van der Waals surface area contributed by atoms with Gasteiger partial charge in [-0.3, -0.25) is 4.21 Å². The Morgan fingerprint density at radius 1 is 1.24 bits per heavy atom. The third-order valence-electron chi connectivity index (χ3n) is 3.55. The maximum absolute atomic E-state index is 13.0. The van der Waals surface area contributed by atoms with Crippen LogP contribution < -0.4 is 10.5 Å². The molecule has 1 aliphatic rings. The van der Waals surface area contributed by atoms with Crippen molar-refractivity contribution in [3.05, 3.63) is 53.3 Å². The van der Waals surface area contributed by atoms with Crippen LogP contribution in [0, 0.1) is 5.82 Å². The SMILES string of the molecule is Nc1cc(F)ccc1S(=O)CCc1ccc2c(c1)CCO2. The number of nitrogen functional groups attached to an aromatic ring is 1. The van der Waals surface area contributed by atoms with Crippen molar-refractivity contribution >= 4 is 16.5 Å². The van der Waals surface area contributed by atoms with Gasteiger partial charge in [0.2, 0.25) is 0 Å². The number of halogens is 1. The van der Waals surface area contributed by atoms with Crippen molar-refractivity contribution in [2.75, 3.05) is 18.1 Å². The van der Waals surface area contributed by atoms with Gasteiger partial charge in [-0.1, -0.05) is 12.1 Å². The molecule has 1 heterocycles. The predicted octanol–water partition coefficient (Wildman–Crippen LogP) is 2.69. The topological polar surface area (TPSA) is 52.3 Å². The van der Waals surface area contributed by atoms with E-state index < -0.39 is 16.6 Å². The molecule has 21 heavy (non-hydrogen) atoms. The van der Waals surface area contributed by atoms with Crippen LogP contribution in [0.15, 0.2) is 41.3 Å². The lowest BCUT2D eigenvalue weighted by Crippen LogP contribution is -2.05. The Kier molecular flexibility index (Phi) is 3.92. The highest BCUT2D eigenvalue weighted by Gasteiger charge is 2.13. The number of aryl methyl sites for hydroxylation is 1. The molecule has 2 N–H and O–H groups in total. The van der Waals surface area contributed by atoms with Gasteiger partial charge >= 0.3 is 0 Å². The van der Waals surface area contributed by atoms with Crippen LogP contribution in [-0.4, -0.2) is 16.6 Å². The Balaban J connectivity index is 1.68. The van der Waals surface area contributed by atoms with Crippen LogP contribution >= 0.6 is 0 Å². The quantitative estimate of drug-likeness (QED) is 0.884. The Bertz CT molecular complexity index is 703. The van der Waals surface area contributed by atoms with Gasteiger partial charge in [-0.2, -0.15) is 0 Å². The summed E-state index contributed by atoms with van der Waals surface area (Å²) in [7, 11) is -1.22. The van der Waals surface area contributed by atoms with Crippen LogP contribution in [0.1, 0.15) is 11.1 Å². The molecule has 0 fully saturated rings. The Hall–Kier alpha value is -1.88. The fourth-order valence-corrected chi connectivity index (χ4v) is 3.63.